The summed E-state index contributed by atoms with van der Waals surface area (Å²) in [6.45, 7) is 12.6. The van der Waals surface area contributed by atoms with Crippen LogP contribution in [0.25, 0.3) is 0 Å². The summed E-state index contributed by atoms with van der Waals surface area (Å²) in [5.41, 5.74) is 5.47. The van der Waals surface area contributed by atoms with Gasteiger partial charge < -0.3 is 16.4 Å². The van der Waals surface area contributed by atoms with E-state index in [1.54, 1.807) is 0 Å². The maximum Gasteiger partial charge on any atom is 0.0163 e. The molecule has 0 bridgehead atoms. The minimum Gasteiger partial charge on any atom is -0.327 e. The third kappa shape index (κ3) is 25.7. The Morgan fingerprint density at radius 2 is 1.27 bits per heavy atom. The van der Waals surface area contributed by atoms with Gasteiger partial charge in [0.2, 0.25) is 0 Å². The predicted molar refractivity (Wildman–Crippen MR) is 110 cm³/mol. The fourth-order valence-electron chi connectivity index (χ4n) is 1.82. The van der Waals surface area contributed by atoms with E-state index in [0.29, 0.717) is 6.54 Å². The first-order valence-electron chi connectivity index (χ1n) is 7.34. The summed E-state index contributed by atoms with van der Waals surface area (Å²) in [6, 6.07) is 0. The lowest BCUT2D eigenvalue weighted by molar-refractivity contribution is 0.291. The quantitative estimate of drug-likeness (QED) is 0.327. The van der Waals surface area contributed by atoms with E-state index in [9.17, 15) is 0 Å². The zero-order chi connectivity index (χ0) is 13.5. The second-order valence-corrected chi connectivity index (χ2v) is 4.42. The molecule has 0 aromatic carbocycles. The molecule has 4 N–H and O–H groups in total. The molecule has 0 heterocycles. The van der Waals surface area contributed by atoms with Crippen molar-refractivity contribution in [3.05, 3.63) is 12.2 Å². The highest BCUT2D eigenvalue weighted by Gasteiger charge is 2.02. The summed E-state index contributed by atoms with van der Waals surface area (Å²) in [4.78, 5) is 2.50. The predicted octanol–water partition coefficient (Wildman–Crippen LogP) is 2.49. The third-order valence-corrected chi connectivity index (χ3v) is 2.82. The molecule has 8 heteroatoms. The molecule has 140 valence electrons. The largest absolute Gasteiger partial charge is 0.327 e. The molecule has 0 aromatic heterocycles. The molecular formula is C14H36Cl4N4. The number of halogens is 4. The first kappa shape index (κ1) is 34.2. The van der Waals surface area contributed by atoms with Crippen LogP contribution in [-0.4, -0.2) is 57.3 Å². The third-order valence-electron chi connectivity index (χ3n) is 2.82. The van der Waals surface area contributed by atoms with Gasteiger partial charge in [0.1, 0.15) is 0 Å². The van der Waals surface area contributed by atoms with Crippen LogP contribution in [0.4, 0.5) is 0 Å². The summed E-state index contributed by atoms with van der Waals surface area (Å²) >= 11 is 0. The minimum absolute atomic E-state index is 0. The Labute approximate surface area is 162 Å². The van der Waals surface area contributed by atoms with Crippen LogP contribution in [0.2, 0.25) is 0 Å². The number of hydrogen-bond acceptors (Lipinski definition) is 4. The van der Waals surface area contributed by atoms with Crippen LogP contribution in [-0.2, 0) is 0 Å². The molecule has 0 aliphatic carbocycles. The molecule has 0 saturated heterocycles. The van der Waals surface area contributed by atoms with Crippen molar-refractivity contribution in [2.45, 2.75) is 26.7 Å². The van der Waals surface area contributed by atoms with E-state index in [2.05, 4.69) is 35.5 Å². The molecule has 0 atom stereocenters. The molecule has 0 spiro atoms. The summed E-state index contributed by atoms with van der Waals surface area (Å²) < 4.78 is 0. The summed E-state index contributed by atoms with van der Waals surface area (Å²) in [6.07, 6.45) is 6.65. The molecule has 0 saturated carbocycles. The fraction of sp³-hybridized carbons (Fsp3) is 0.857. The molecule has 0 aliphatic heterocycles. The van der Waals surface area contributed by atoms with Crippen LogP contribution >= 0.6 is 49.6 Å². The van der Waals surface area contributed by atoms with Gasteiger partial charge in [-0.05, 0) is 52.1 Å². The van der Waals surface area contributed by atoms with Crippen molar-refractivity contribution in [1.29, 1.82) is 0 Å². The molecule has 0 rings (SSSR count). The van der Waals surface area contributed by atoms with Crippen molar-refractivity contribution < 1.29 is 0 Å². The van der Waals surface area contributed by atoms with Crippen molar-refractivity contribution in [2.24, 2.45) is 5.73 Å². The summed E-state index contributed by atoms with van der Waals surface area (Å²) in [5, 5.41) is 6.74. The monoisotopic (exact) mass is 400 g/mol. The SMILES string of the molecule is CCNCCCN(C/C=C/CN)CCCNCC.Cl.Cl.Cl.Cl. The van der Waals surface area contributed by atoms with Crippen molar-refractivity contribution in [3.8, 4) is 0 Å². The van der Waals surface area contributed by atoms with Crippen LogP contribution in [0.1, 0.15) is 26.7 Å². The summed E-state index contributed by atoms with van der Waals surface area (Å²) in [5.74, 6) is 0. The highest BCUT2D eigenvalue weighted by molar-refractivity contribution is 5.86. The average molecular weight is 402 g/mol. The lowest BCUT2D eigenvalue weighted by Gasteiger charge is -2.20. The molecule has 22 heavy (non-hydrogen) atoms. The first-order valence-corrected chi connectivity index (χ1v) is 7.34. The van der Waals surface area contributed by atoms with E-state index >= 15 is 0 Å². The van der Waals surface area contributed by atoms with Crippen molar-refractivity contribution in [1.82, 2.24) is 15.5 Å². The molecule has 0 aromatic rings. The normalized spacial score (nSPS) is 9.64. The van der Waals surface area contributed by atoms with Crippen LogP contribution < -0.4 is 16.4 Å². The van der Waals surface area contributed by atoms with Gasteiger partial charge in [-0.15, -0.1) is 49.6 Å². The zero-order valence-electron chi connectivity index (χ0n) is 13.9. The van der Waals surface area contributed by atoms with Gasteiger partial charge in [0.05, 0.1) is 0 Å². The lowest BCUT2D eigenvalue weighted by atomic mass is 10.3. The molecule has 0 amide bonds. The van der Waals surface area contributed by atoms with Crippen LogP contribution in [0.3, 0.4) is 0 Å². The fourth-order valence-corrected chi connectivity index (χ4v) is 1.82. The first-order chi connectivity index (χ1) is 8.85. The second-order valence-electron chi connectivity index (χ2n) is 4.42. The van der Waals surface area contributed by atoms with Gasteiger partial charge in [-0.1, -0.05) is 26.0 Å². The highest BCUT2D eigenvalue weighted by Crippen LogP contribution is 1.94. The van der Waals surface area contributed by atoms with Crippen molar-refractivity contribution >= 4 is 49.6 Å². The topological polar surface area (TPSA) is 53.3 Å². The van der Waals surface area contributed by atoms with E-state index < -0.39 is 0 Å². The summed E-state index contributed by atoms with van der Waals surface area (Å²) in [7, 11) is 0. The molecule has 0 unspecified atom stereocenters. The smallest absolute Gasteiger partial charge is 0.0163 e. The number of nitrogens with two attached hydrogens (primary N) is 1. The Hall–Kier alpha value is 0.740. The van der Waals surface area contributed by atoms with Gasteiger partial charge in [-0.25, -0.2) is 0 Å². The molecule has 0 aliphatic rings. The molecule has 0 fully saturated rings. The minimum atomic E-state index is 0. The maximum atomic E-state index is 5.47. The van der Waals surface area contributed by atoms with Gasteiger partial charge >= 0.3 is 0 Å². The van der Waals surface area contributed by atoms with Crippen molar-refractivity contribution in [3.63, 3.8) is 0 Å². The Morgan fingerprint density at radius 3 is 1.64 bits per heavy atom. The van der Waals surface area contributed by atoms with Crippen LogP contribution in [0, 0.1) is 0 Å². The standard InChI is InChI=1S/C14H32N4.4ClH/c1-3-16-10-7-13-18(12-6-5-9-15)14-8-11-17-4-2;;;;/h5-6,16-17H,3-4,7-15H2,1-2H3;4*1H/b6-5+;;;;. The Bertz CT molecular complexity index is 186. The maximum absolute atomic E-state index is 5.47. The van der Waals surface area contributed by atoms with Gasteiger partial charge in [-0.3, -0.25) is 4.90 Å². The second kappa shape index (κ2) is 29.7. The van der Waals surface area contributed by atoms with E-state index in [4.69, 9.17) is 5.73 Å². The Morgan fingerprint density at radius 1 is 0.818 bits per heavy atom. The van der Waals surface area contributed by atoms with E-state index in [1.165, 1.54) is 12.8 Å². The van der Waals surface area contributed by atoms with Gasteiger partial charge in [0.15, 0.2) is 0 Å². The Kier molecular flexibility index (Phi) is 46.1. The van der Waals surface area contributed by atoms with Gasteiger partial charge in [0, 0.05) is 13.1 Å². The van der Waals surface area contributed by atoms with Crippen LogP contribution in [0.15, 0.2) is 12.2 Å². The van der Waals surface area contributed by atoms with E-state index in [1.807, 2.05) is 6.08 Å². The molecule has 4 nitrogen and oxygen atoms in total. The highest BCUT2D eigenvalue weighted by atomic mass is 35.5. The Balaban J connectivity index is -0.000000241. The number of rotatable bonds is 13. The zero-order valence-corrected chi connectivity index (χ0v) is 17.1. The number of hydrogen-bond donors (Lipinski definition) is 3. The number of nitrogens with zero attached hydrogens (tertiary/aromatic N) is 1. The van der Waals surface area contributed by atoms with Gasteiger partial charge in [0.25, 0.3) is 0 Å². The van der Waals surface area contributed by atoms with Crippen LogP contribution in [0.5, 0.6) is 0 Å². The lowest BCUT2D eigenvalue weighted by Crippen LogP contribution is -2.30. The van der Waals surface area contributed by atoms with Gasteiger partial charge in [-0.2, -0.15) is 0 Å². The number of nitrogens with one attached hydrogen (secondary N) is 2. The molecular weight excluding hydrogens is 366 g/mol. The van der Waals surface area contributed by atoms with E-state index in [-0.39, 0.29) is 49.6 Å². The van der Waals surface area contributed by atoms with E-state index in [0.717, 1.165) is 45.8 Å². The molecule has 0 radical (unpaired) electrons. The van der Waals surface area contributed by atoms with Crippen molar-refractivity contribution in [2.75, 3.05) is 52.4 Å². The average Bonchev–Trinajstić information content (AvgIpc) is 2.39.